The maximum atomic E-state index is 14.2. The number of aromatic nitrogens is 1. The number of carboxylic acids is 1. The van der Waals surface area contributed by atoms with Gasteiger partial charge in [-0.3, -0.25) is 14.4 Å². The molecular formula is C37H41ClN2O5. The zero-order valence-electron chi connectivity index (χ0n) is 26.7. The largest absolute Gasteiger partial charge is 0.481 e. The average Bonchev–Trinajstić information content (AvgIpc) is 3.50. The highest BCUT2D eigenvalue weighted by Crippen LogP contribution is 2.38. The van der Waals surface area contributed by atoms with Crippen LogP contribution in [0.1, 0.15) is 75.1 Å². The molecule has 2 atom stereocenters. The highest BCUT2D eigenvalue weighted by atomic mass is 35.5. The van der Waals surface area contributed by atoms with Crippen LogP contribution in [-0.4, -0.2) is 39.4 Å². The van der Waals surface area contributed by atoms with Crippen molar-refractivity contribution >= 4 is 45.7 Å². The molecule has 1 aliphatic heterocycles. The summed E-state index contributed by atoms with van der Waals surface area (Å²) in [6, 6.07) is 20.8. The summed E-state index contributed by atoms with van der Waals surface area (Å²) in [6.07, 6.45) is 0.333. The summed E-state index contributed by atoms with van der Waals surface area (Å²) >= 11 is 6.17. The molecule has 3 aromatic carbocycles. The number of nitrogens with zero attached hydrogens (tertiary/aromatic N) is 1. The van der Waals surface area contributed by atoms with Gasteiger partial charge in [-0.05, 0) is 80.1 Å². The van der Waals surface area contributed by atoms with E-state index in [1.165, 1.54) is 6.92 Å². The summed E-state index contributed by atoms with van der Waals surface area (Å²) in [5.74, 6) is -0.642. The van der Waals surface area contributed by atoms with Crippen LogP contribution in [0.5, 0.6) is 5.75 Å². The summed E-state index contributed by atoms with van der Waals surface area (Å²) in [5.41, 5.74) is 3.61. The second kappa shape index (κ2) is 12.4. The molecular weight excluding hydrogens is 588 g/mol. The third kappa shape index (κ3) is 7.09. The first-order valence-corrected chi connectivity index (χ1v) is 15.7. The van der Waals surface area contributed by atoms with Gasteiger partial charge < -0.3 is 19.7 Å². The maximum Gasteiger partial charge on any atom is 0.309 e. The molecule has 0 fully saturated rings. The zero-order chi connectivity index (χ0) is 32.7. The lowest BCUT2D eigenvalue weighted by Gasteiger charge is -2.23. The Morgan fingerprint density at radius 1 is 1.02 bits per heavy atom. The summed E-state index contributed by atoms with van der Waals surface area (Å²) in [4.78, 5) is 39.4. The minimum Gasteiger partial charge on any atom is -0.481 e. The van der Waals surface area contributed by atoms with Crippen LogP contribution in [0, 0.1) is 10.8 Å². The van der Waals surface area contributed by atoms with E-state index in [0.717, 1.165) is 22.3 Å². The number of anilines is 1. The highest BCUT2D eigenvalue weighted by Gasteiger charge is 2.35. The Bertz CT molecular complexity index is 1740. The Morgan fingerprint density at radius 3 is 2.33 bits per heavy atom. The predicted molar refractivity (Wildman–Crippen MR) is 179 cm³/mol. The first kappa shape index (κ1) is 32.3. The van der Waals surface area contributed by atoms with E-state index in [9.17, 15) is 19.5 Å². The molecule has 1 aromatic heterocycles. The Labute approximate surface area is 269 Å². The van der Waals surface area contributed by atoms with E-state index in [1.807, 2.05) is 92.1 Å². The van der Waals surface area contributed by atoms with Crippen molar-refractivity contribution in [1.29, 1.82) is 0 Å². The second-order valence-corrected chi connectivity index (χ2v) is 14.4. The van der Waals surface area contributed by atoms with Crippen molar-refractivity contribution in [2.75, 3.05) is 5.32 Å². The van der Waals surface area contributed by atoms with E-state index in [4.69, 9.17) is 16.3 Å². The molecule has 0 saturated carbocycles. The van der Waals surface area contributed by atoms with E-state index in [-0.39, 0.29) is 35.9 Å². The van der Waals surface area contributed by atoms with Crippen molar-refractivity contribution in [2.24, 2.45) is 10.8 Å². The number of benzene rings is 3. The summed E-state index contributed by atoms with van der Waals surface area (Å²) in [5, 5.41) is 14.8. The number of carboxylic acid groups (broad SMARTS) is 1. The quantitative estimate of drug-likeness (QED) is 0.163. The van der Waals surface area contributed by atoms with Crippen LogP contribution in [0.3, 0.4) is 0 Å². The minimum atomic E-state index is -1.13. The third-order valence-corrected chi connectivity index (χ3v) is 8.63. The van der Waals surface area contributed by atoms with Gasteiger partial charge in [-0.1, -0.05) is 62.7 Å². The number of nitrogens with one attached hydrogen (secondary N) is 1. The number of aliphatic carboxylic acids is 1. The molecule has 0 radical (unpaired) electrons. The third-order valence-electron chi connectivity index (χ3n) is 8.38. The lowest BCUT2D eigenvalue weighted by atomic mass is 9.83. The van der Waals surface area contributed by atoms with Gasteiger partial charge in [0.1, 0.15) is 5.75 Å². The Kier molecular flexibility index (Phi) is 8.87. The van der Waals surface area contributed by atoms with E-state index in [2.05, 4.69) is 5.32 Å². The molecule has 4 aromatic rings. The van der Waals surface area contributed by atoms with Gasteiger partial charge in [0.2, 0.25) is 0 Å². The summed E-state index contributed by atoms with van der Waals surface area (Å²) in [6.45, 7) is 11.3. The van der Waals surface area contributed by atoms with Crippen molar-refractivity contribution in [3.05, 3.63) is 94.1 Å². The predicted octanol–water partition coefficient (Wildman–Crippen LogP) is 7.99. The topological polar surface area (TPSA) is 97.6 Å². The van der Waals surface area contributed by atoms with E-state index < -0.39 is 17.5 Å². The lowest BCUT2D eigenvalue weighted by Crippen LogP contribution is -2.41. The van der Waals surface area contributed by atoms with Gasteiger partial charge in [-0.25, -0.2) is 0 Å². The maximum absolute atomic E-state index is 14.2. The van der Waals surface area contributed by atoms with Crippen LogP contribution in [0.15, 0.2) is 66.7 Å². The number of carbonyl (C=O) groups is 3. The standard InChI is InChI=1S/C37H41ClN2O5/c1-22(41)34(29-17-24-9-7-8-10-28(24)39-29)45-26-15-16-30-27(18-26)33(32(42)20-36(2,3)4)31(19-37(5,6)35(43)44)40(30)21-23-11-13-25(38)14-12-23/h7-16,18,29,34,39H,17,19-21H2,1-6H3,(H,43,44)/t29?,34-/m1/s1. The number of ether oxygens (including phenoxy) is 1. The van der Waals surface area contributed by atoms with Gasteiger partial charge in [0.15, 0.2) is 17.7 Å². The molecule has 1 aliphatic rings. The molecule has 2 heterocycles. The van der Waals surface area contributed by atoms with E-state index in [0.29, 0.717) is 40.4 Å². The van der Waals surface area contributed by atoms with Crippen molar-refractivity contribution in [2.45, 2.75) is 79.5 Å². The molecule has 0 aliphatic carbocycles. The molecule has 7 nitrogen and oxygen atoms in total. The normalized spacial score (nSPS) is 15.4. The summed E-state index contributed by atoms with van der Waals surface area (Å²) < 4.78 is 8.46. The number of ketones is 2. The number of Topliss-reactive ketones (excluding diaryl/α,β-unsaturated/α-hetero) is 2. The fourth-order valence-electron chi connectivity index (χ4n) is 6.08. The lowest BCUT2D eigenvalue weighted by molar-refractivity contribution is -0.146. The number of hydrogen-bond donors (Lipinski definition) is 2. The SMILES string of the molecule is CC(=O)[C@@H](Oc1ccc2c(c1)c(C(=O)CC(C)(C)C)c(CC(C)(C)C(=O)O)n2Cc1ccc(Cl)cc1)C1Cc2ccccc2N1. The average molecular weight is 629 g/mol. The van der Waals surface area contributed by atoms with Crippen LogP contribution < -0.4 is 10.1 Å². The molecule has 5 rings (SSSR count). The van der Waals surface area contributed by atoms with Crippen molar-refractivity contribution in [3.8, 4) is 5.75 Å². The van der Waals surface area contributed by atoms with Crippen LogP contribution >= 0.6 is 11.6 Å². The summed E-state index contributed by atoms with van der Waals surface area (Å²) in [7, 11) is 0. The first-order chi connectivity index (χ1) is 21.1. The zero-order valence-corrected chi connectivity index (χ0v) is 27.5. The first-order valence-electron chi connectivity index (χ1n) is 15.3. The van der Waals surface area contributed by atoms with Crippen molar-refractivity contribution in [3.63, 3.8) is 0 Å². The molecule has 0 bridgehead atoms. The molecule has 0 spiro atoms. The molecule has 236 valence electrons. The molecule has 0 saturated heterocycles. The van der Waals surface area contributed by atoms with E-state index in [1.54, 1.807) is 13.8 Å². The second-order valence-electron chi connectivity index (χ2n) is 14.0. The van der Waals surface area contributed by atoms with Crippen LogP contribution in [0.2, 0.25) is 5.02 Å². The van der Waals surface area contributed by atoms with Crippen LogP contribution in [0.4, 0.5) is 5.69 Å². The smallest absolute Gasteiger partial charge is 0.309 e. The number of rotatable bonds is 11. The monoisotopic (exact) mass is 628 g/mol. The number of carbonyl (C=O) groups excluding carboxylic acids is 2. The van der Waals surface area contributed by atoms with E-state index >= 15 is 0 Å². The van der Waals surface area contributed by atoms with Gasteiger partial charge >= 0.3 is 5.97 Å². The molecule has 2 N–H and O–H groups in total. The molecule has 1 unspecified atom stereocenters. The van der Waals surface area contributed by atoms with Crippen LogP contribution in [0.25, 0.3) is 10.9 Å². The van der Waals surface area contributed by atoms with Crippen molar-refractivity contribution in [1.82, 2.24) is 4.57 Å². The van der Waals surface area contributed by atoms with Gasteiger partial charge in [-0.15, -0.1) is 0 Å². The van der Waals surface area contributed by atoms with Gasteiger partial charge in [0, 0.05) is 52.3 Å². The number of hydrogen-bond acceptors (Lipinski definition) is 5. The molecule has 8 heteroatoms. The van der Waals surface area contributed by atoms with Gasteiger partial charge in [-0.2, -0.15) is 0 Å². The Hall–Kier alpha value is -4.10. The fraction of sp³-hybridized carbons (Fsp3) is 0.378. The molecule has 45 heavy (non-hydrogen) atoms. The fourth-order valence-corrected chi connectivity index (χ4v) is 6.20. The molecule has 0 amide bonds. The van der Waals surface area contributed by atoms with Crippen molar-refractivity contribution < 1.29 is 24.2 Å². The number of para-hydroxylation sites is 1. The Balaban J connectivity index is 1.64. The highest BCUT2D eigenvalue weighted by molar-refractivity contribution is 6.30. The Morgan fingerprint density at radius 2 is 1.71 bits per heavy atom. The minimum absolute atomic E-state index is 0.0632. The van der Waals surface area contributed by atoms with Crippen LogP contribution in [-0.2, 0) is 29.0 Å². The number of fused-ring (bicyclic) bond motifs is 2. The number of halogens is 1. The van der Waals surface area contributed by atoms with Gasteiger partial charge in [0.05, 0.1) is 11.5 Å². The van der Waals surface area contributed by atoms with Gasteiger partial charge in [0.25, 0.3) is 0 Å².